The van der Waals surface area contributed by atoms with Crippen LogP contribution in [0.1, 0.15) is 31.4 Å². The fourth-order valence-corrected chi connectivity index (χ4v) is 1.88. The number of nitrogens with two attached hydrogens (primary N) is 1. The zero-order valence-corrected chi connectivity index (χ0v) is 15.0. The Morgan fingerprint density at radius 2 is 2.17 bits per heavy atom. The Hall–Kier alpha value is -0.300. The van der Waals surface area contributed by atoms with E-state index in [-0.39, 0.29) is 24.0 Å². The molecule has 1 atom stereocenters. The summed E-state index contributed by atoms with van der Waals surface area (Å²) in [6.45, 7) is 6.90. The number of aryl methyl sites for hydroxylation is 1. The third-order valence-corrected chi connectivity index (χ3v) is 3.22. The lowest BCUT2D eigenvalue weighted by atomic mass is 10.1. The minimum atomic E-state index is 0. The number of benzene rings is 1. The summed E-state index contributed by atoms with van der Waals surface area (Å²) in [5.74, 6) is 0.515. The van der Waals surface area contributed by atoms with Crippen molar-refractivity contribution >= 4 is 45.9 Å². The number of halogens is 2. The zero-order valence-electron chi connectivity index (χ0n) is 11.0. The molecule has 1 rings (SSSR count). The average Bonchev–Trinajstić information content (AvgIpc) is 2.27. The maximum absolute atomic E-state index is 5.81. The summed E-state index contributed by atoms with van der Waals surface area (Å²) in [5, 5.41) is 3.15. The van der Waals surface area contributed by atoms with Crippen LogP contribution in [-0.4, -0.2) is 12.0 Å². The predicted molar refractivity (Wildman–Crippen MR) is 92.5 cm³/mol. The fraction of sp³-hybridized carbons (Fsp3) is 0.462. The molecule has 0 aliphatic rings. The van der Waals surface area contributed by atoms with Crippen molar-refractivity contribution in [2.24, 2.45) is 10.7 Å². The highest BCUT2D eigenvalue weighted by molar-refractivity contribution is 14.0. The van der Waals surface area contributed by atoms with Crippen molar-refractivity contribution in [3.05, 3.63) is 33.8 Å². The van der Waals surface area contributed by atoms with Gasteiger partial charge < -0.3 is 11.1 Å². The van der Waals surface area contributed by atoms with Gasteiger partial charge in [-0.3, -0.25) is 0 Å². The monoisotopic (exact) mass is 425 g/mol. The Morgan fingerprint density at radius 1 is 1.50 bits per heavy atom. The molecule has 0 fully saturated rings. The van der Waals surface area contributed by atoms with E-state index in [1.807, 2.05) is 6.07 Å². The van der Waals surface area contributed by atoms with Gasteiger partial charge in [0.2, 0.25) is 0 Å². The molecule has 3 nitrogen and oxygen atoms in total. The first kappa shape index (κ1) is 17.7. The molecule has 5 heteroatoms. The highest BCUT2D eigenvalue weighted by Gasteiger charge is 2.01. The van der Waals surface area contributed by atoms with E-state index in [0.717, 1.165) is 10.9 Å². The van der Waals surface area contributed by atoms with Crippen LogP contribution in [0.5, 0.6) is 0 Å². The van der Waals surface area contributed by atoms with Crippen LogP contribution in [-0.2, 0) is 6.54 Å². The van der Waals surface area contributed by atoms with Crippen molar-refractivity contribution in [3.8, 4) is 0 Å². The summed E-state index contributed by atoms with van der Waals surface area (Å²) in [7, 11) is 0. The summed E-state index contributed by atoms with van der Waals surface area (Å²) < 4.78 is 1.09. The molecule has 0 heterocycles. The van der Waals surface area contributed by atoms with E-state index in [0.29, 0.717) is 18.5 Å². The number of rotatable bonds is 4. The highest BCUT2D eigenvalue weighted by atomic mass is 127. The number of aliphatic imine (C=N–C) groups is 1. The van der Waals surface area contributed by atoms with Gasteiger partial charge in [-0.1, -0.05) is 28.9 Å². The normalized spacial score (nSPS) is 12.8. The number of nitrogens with zero attached hydrogens (tertiary/aromatic N) is 1. The second-order valence-corrected chi connectivity index (χ2v) is 5.14. The van der Waals surface area contributed by atoms with E-state index in [1.165, 1.54) is 11.1 Å². The van der Waals surface area contributed by atoms with Crippen LogP contribution < -0.4 is 11.1 Å². The molecule has 18 heavy (non-hydrogen) atoms. The maximum Gasteiger partial charge on any atom is 0.189 e. The van der Waals surface area contributed by atoms with Crippen molar-refractivity contribution < 1.29 is 0 Å². The first-order valence-electron chi connectivity index (χ1n) is 5.84. The minimum Gasteiger partial charge on any atom is -0.370 e. The van der Waals surface area contributed by atoms with Crippen molar-refractivity contribution in [1.29, 1.82) is 0 Å². The first-order valence-corrected chi connectivity index (χ1v) is 6.63. The molecule has 1 aromatic carbocycles. The molecule has 0 aromatic heterocycles. The van der Waals surface area contributed by atoms with Crippen molar-refractivity contribution in [2.45, 2.75) is 39.8 Å². The van der Waals surface area contributed by atoms with Gasteiger partial charge >= 0.3 is 0 Å². The van der Waals surface area contributed by atoms with Crippen LogP contribution in [0.25, 0.3) is 0 Å². The smallest absolute Gasteiger partial charge is 0.189 e. The third-order valence-electron chi connectivity index (χ3n) is 2.73. The molecule has 0 radical (unpaired) electrons. The molecular weight excluding hydrogens is 405 g/mol. The molecule has 1 unspecified atom stereocenters. The van der Waals surface area contributed by atoms with Crippen molar-refractivity contribution in [3.63, 3.8) is 0 Å². The van der Waals surface area contributed by atoms with E-state index in [4.69, 9.17) is 5.73 Å². The van der Waals surface area contributed by atoms with Gasteiger partial charge in [0.25, 0.3) is 0 Å². The van der Waals surface area contributed by atoms with Gasteiger partial charge in [-0.25, -0.2) is 4.99 Å². The summed E-state index contributed by atoms with van der Waals surface area (Å²) >= 11 is 3.45. The molecule has 102 valence electrons. The van der Waals surface area contributed by atoms with Crippen LogP contribution in [0.4, 0.5) is 0 Å². The number of guanidine groups is 1. The summed E-state index contributed by atoms with van der Waals surface area (Å²) in [6, 6.07) is 6.54. The molecule has 0 aliphatic heterocycles. The van der Waals surface area contributed by atoms with E-state index in [1.54, 1.807) is 0 Å². The molecule has 3 N–H and O–H groups in total. The quantitative estimate of drug-likeness (QED) is 0.440. The molecule has 0 amide bonds. The van der Waals surface area contributed by atoms with Gasteiger partial charge in [0, 0.05) is 10.5 Å². The lowest BCUT2D eigenvalue weighted by Crippen LogP contribution is -2.38. The second kappa shape index (κ2) is 8.74. The molecule has 0 bridgehead atoms. The van der Waals surface area contributed by atoms with Gasteiger partial charge in [-0.05, 0) is 43.5 Å². The predicted octanol–water partition coefficient (Wildman–Crippen LogP) is 3.58. The van der Waals surface area contributed by atoms with Crippen LogP contribution in [0.2, 0.25) is 0 Å². The number of hydrogen-bond acceptors (Lipinski definition) is 1. The Bertz CT molecular complexity index is 407. The summed E-state index contributed by atoms with van der Waals surface area (Å²) in [5.41, 5.74) is 8.23. The largest absolute Gasteiger partial charge is 0.370 e. The van der Waals surface area contributed by atoms with Gasteiger partial charge in [0.1, 0.15) is 0 Å². The molecule has 0 saturated carbocycles. The Kier molecular flexibility index (Phi) is 8.60. The van der Waals surface area contributed by atoms with E-state index in [2.05, 4.69) is 59.1 Å². The molecule has 0 saturated heterocycles. The minimum absolute atomic E-state index is 0. The van der Waals surface area contributed by atoms with Crippen molar-refractivity contribution in [2.75, 3.05) is 0 Å². The van der Waals surface area contributed by atoms with Gasteiger partial charge in [0.05, 0.1) is 6.54 Å². The van der Waals surface area contributed by atoms with Gasteiger partial charge in [-0.15, -0.1) is 24.0 Å². The van der Waals surface area contributed by atoms with Crippen LogP contribution in [0, 0.1) is 6.92 Å². The molecule has 1 aromatic rings. The fourth-order valence-electron chi connectivity index (χ4n) is 1.41. The van der Waals surface area contributed by atoms with Crippen LogP contribution in [0.3, 0.4) is 0 Å². The van der Waals surface area contributed by atoms with Gasteiger partial charge in [0.15, 0.2) is 5.96 Å². The number of hydrogen-bond donors (Lipinski definition) is 2. The van der Waals surface area contributed by atoms with Crippen LogP contribution in [0.15, 0.2) is 27.7 Å². The van der Waals surface area contributed by atoms with Gasteiger partial charge in [-0.2, -0.15) is 0 Å². The summed E-state index contributed by atoms with van der Waals surface area (Å²) in [6.07, 6.45) is 1.04. The Balaban J connectivity index is 0.00000289. The molecular formula is C13H21BrIN3. The van der Waals surface area contributed by atoms with E-state index < -0.39 is 0 Å². The second-order valence-electron chi connectivity index (χ2n) is 4.23. The summed E-state index contributed by atoms with van der Waals surface area (Å²) in [4.78, 5) is 4.34. The maximum atomic E-state index is 5.81. The Morgan fingerprint density at radius 3 is 2.72 bits per heavy atom. The van der Waals surface area contributed by atoms with Crippen molar-refractivity contribution in [1.82, 2.24) is 5.32 Å². The van der Waals surface area contributed by atoms with E-state index >= 15 is 0 Å². The lowest BCUT2D eigenvalue weighted by molar-refractivity contribution is 0.636. The lowest BCUT2D eigenvalue weighted by Gasteiger charge is -2.12. The molecule has 0 aliphatic carbocycles. The highest BCUT2D eigenvalue weighted by Crippen LogP contribution is 2.16. The zero-order chi connectivity index (χ0) is 12.8. The third kappa shape index (κ3) is 6.04. The van der Waals surface area contributed by atoms with Crippen LogP contribution >= 0.6 is 39.9 Å². The number of nitrogens with one attached hydrogen (secondary N) is 1. The standard InChI is InChI=1S/C13H20BrN3.HI/c1-4-10(3)17-13(15)16-8-11-5-6-12(14)7-9(11)2;/h5-7,10H,4,8H2,1-3H3,(H3,15,16,17);1H. The molecule has 0 spiro atoms. The van der Waals surface area contributed by atoms with E-state index in [9.17, 15) is 0 Å². The SMILES string of the molecule is CCC(C)NC(N)=NCc1ccc(Br)cc1C.I. The topological polar surface area (TPSA) is 50.4 Å². The average molecular weight is 426 g/mol. The first-order chi connectivity index (χ1) is 8.02. The Labute approximate surface area is 135 Å².